The van der Waals surface area contributed by atoms with Crippen molar-refractivity contribution in [3.8, 4) is 0 Å². The standard InChI is InChI=1S/C18H24N2OS/c1-14(18-7-4-10-22-18)19-11-17(21)13-20-9-8-15-5-2-3-6-16(15)12-20/h2-7,10,14,17,19,21H,8-9,11-13H2,1H3. The van der Waals surface area contributed by atoms with Gasteiger partial charge in [0.15, 0.2) is 0 Å². The molecule has 0 fully saturated rings. The van der Waals surface area contributed by atoms with Gasteiger partial charge in [-0.1, -0.05) is 30.3 Å². The number of nitrogens with one attached hydrogen (secondary N) is 1. The third-order valence-electron chi connectivity index (χ3n) is 4.31. The van der Waals surface area contributed by atoms with Gasteiger partial charge in [-0.3, -0.25) is 4.90 Å². The van der Waals surface area contributed by atoms with Gasteiger partial charge >= 0.3 is 0 Å². The largest absolute Gasteiger partial charge is 0.390 e. The molecule has 1 aliphatic rings. The molecule has 0 amide bonds. The Kier molecular flexibility index (Phi) is 5.26. The van der Waals surface area contributed by atoms with E-state index >= 15 is 0 Å². The maximum Gasteiger partial charge on any atom is 0.0791 e. The lowest BCUT2D eigenvalue weighted by atomic mass is 10.00. The predicted octanol–water partition coefficient (Wildman–Crippen LogP) is 2.82. The van der Waals surface area contributed by atoms with E-state index in [0.717, 1.165) is 26.1 Å². The first-order chi connectivity index (χ1) is 10.7. The lowest BCUT2D eigenvalue weighted by molar-refractivity contribution is 0.102. The molecule has 118 valence electrons. The van der Waals surface area contributed by atoms with Crippen LogP contribution < -0.4 is 5.32 Å². The van der Waals surface area contributed by atoms with Crippen LogP contribution in [0, 0.1) is 0 Å². The minimum absolute atomic E-state index is 0.303. The van der Waals surface area contributed by atoms with Crippen molar-refractivity contribution in [1.82, 2.24) is 10.2 Å². The molecule has 2 unspecified atom stereocenters. The molecule has 2 atom stereocenters. The van der Waals surface area contributed by atoms with Gasteiger partial charge in [0.1, 0.15) is 0 Å². The fourth-order valence-electron chi connectivity index (χ4n) is 3.02. The highest BCUT2D eigenvalue weighted by atomic mass is 32.1. The van der Waals surface area contributed by atoms with Gasteiger partial charge in [0.25, 0.3) is 0 Å². The summed E-state index contributed by atoms with van der Waals surface area (Å²) in [5, 5.41) is 15.8. The highest BCUT2D eigenvalue weighted by molar-refractivity contribution is 7.10. The normalized spacial score (nSPS) is 17.9. The molecule has 0 aliphatic carbocycles. The molecule has 0 saturated heterocycles. The van der Waals surface area contributed by atoms with Crippen molar-refractivity contribution >= 4 is 11.3 Å². The van der Waals surface area contributed by atoms with Crippen LogP contribution in [0.2, 0.25) is 0 Å². The number of β-amino-alcohol motifs (C(OH)–C–C–N with tert-alkyl or cyclic N) is 1. The van der Waals surface area contributed by atoms with Crippen LogP contribution in [0.3, 0.4) is 0 Å². The van der Waals surface area contributed by atoms with Gasteiger partial charge in [-0.2, -0.15) is 0 Å². The summed E-state index contributed by atoms with van der Waals surface area (Å²) in [6, 6.07) is 13.1. The van der Waals surface area contributed by atoms with Gasteiger partial charge in [0.05, 0.1) is 6.10 Å². The third-order valence-corrected chi connectivity index (χ3v) is 5.36. The first-order valence-corrected chi connectivity index (χ1v) is 8.84. The van der Waals surface area contributed by atoms with Crippen molar-refractivity contribution in [2.24, 2.45) is 0 Å². The maximum atomic E-state index is 10.3. The Balaban J connectivity index is 1.45. The highest BCUT2D eigenvalue weighted by Gasteiger charge is 2.18. The van der Waals surface area contributed by atoms with Crippen LogP contribution in [0.1, 0.15) is 29.0 Å². The van der Waals surface area contributed by atoms with Crippen molar-refractivity contribution in [3.05, 3.63) is 57.8 Å². The molecule has 2 N–H and O–H groups in total. The number of hydrogen-bond donors (Lipinski definition) is 2. The van der Waals surface area contributed by atoms with Crippen molar-refractivity contribution in [2.45, 2.75) is 32.0 Å². The van der Waals surface area contributed by atoms with E-state index in [9.17, 15) is 5.11 Å². The van der Waals surface area contributed by atoms with E-state index in [0.29, 0.717) is 12.6 Å². The molecular weight excluding hydrogens is 292 g/mol. The number of aliphatic hydroxyl groups is 1. The summed E-state index contributed by atoms with van der Waals surface area (Å²) in [6.45, 7) is 5.51. The van der Waals surface area contributed by atoms with Crippen LogP contribution in [0.5, 0.6) is 0 Å². The second kappa shape index (κ2) is 7.38. The lowest BCUT2D eigenvalue weighted by Crippen LogP contribution is -2.41. The minimum Gasteiger partial charge on any atom is -0.390 e. The average molecular weight is 316 g/mol. The van der Waals surface area contributed by atoms with Crippen LogP contribution in [0.15, 0.2) is 41.8 Å². The molecular formula is C18H24N2OS. The number of aliphatic hydroxyl groups excluding tert-OH is 1. The smallest absolute Gasteiger partial charge is 0.0791 e. The van der Waals surface area contributed by atoms with E-state index in [-0.39, 0.29) is 6.10 Å². The molecule has 0 saturated carbocycles. The number of hydrogen-bond acceptors (Lipinski definition) is 4. The predicted molar refractivity (Wildman–Crippen MR) is 92.2 cm³/mol. The summed E-state index contributed by atoms with van der Waals surface area (Å²) < 4.78 is 0. The van der Waals surface area contributed by atoms with Crippen molar-refractivity contribution < 1.29 is 5.11 Å². The zero-order valence-electron chi connectivity index (χ0n) is 13.0. The number of nitrogens with zero attached hydrogens (tertiary/aromatic N) is 1. The van der Waals surface area contributed by atoms with Gasteiger partial charge in [-0.05, 0) is 35.9 Å². The van der Waals surface area contributed by atoms with Gasteiger partial charge in [-0.15, -0.1) is 11.3 Å². The van der Waals surface area contributed by atoms with E-state index in [1.807, 2.05) is 0 Å². The average Bonchev–Trinajstić information content (AvgIpc) is 3.07. The summed E-state index contributed by atoms with van der Waals surface area (Å²) in [6.07, 6.45) is 0.759. The zero-order valence-corrected chi connectivity index (χ0v) is 13.9. The minimum atomic E-state index is -0.326. The molecule has 0 bridgehead atoms. The lowest BCUT2D eigenvalue weighted by Gasteiger charge is -2.30. The summed E-state index contributed by atoms with van der Waals surface area (Å²) in [5.74, 6) is 0. The summed E-state index contributed by atoms with van der Waals surface area (Å²) in [7, 11) is 0. The maximum absolute atomic E-state index is 10.3. The van der Waals surface area contributed by atoms with Crippen molar-refractivity contribution in [3.63, 3.8) is 0 Å². The molecule has 3 nitrogen and oxygen atoms in total. The van der Waals surface area contributed by atoms with Gasteiger partial charge in [0.2, 0.25) is 0 Å². The summed E-state index contributed by atoms with van der Waals surface area (Å²) in [4.78, 5) is 3.67. The van der Waals surface area contributed by atoms with Crippen LogP contribution in [0.4, 0.5) is 0 Å². The van der Waals surface area contributed by atoms with E-state index in [2.05, 4.69) is 58.9 Å². The first-order valence-electron chi connectivity index (χ1n) is 7.96. The fourth-order valence-corrected chi connectivity index (χ4v) is 3.78. The Morgan fingerprint density at radius 1 is 1.23 bits per heavy atom. The molecule has 1 aromatic heterocycles. The molecule has 1 aromatic carbocycles. The Bertz CT molecular complexity index is 585. The number of rotatable bonds is 6. The molecule has 3 rings (SSSR count). The molecule has 2 aromatic rings. The van der Waals surface area contributed by atoms with E-state index in [4.69, 9.17) is 0 Å². The Morgan fingerprint density at radius 3 is 2.82 bits per heavy atom. The summed E-state index contributed by atoms with van der Waals surface area (Å²) >= 11 is 1.76. The second-order valence-corrected chi connectivity index (χ2v) is 7.03. The zero-order chi connectivity index (χ0) is 15.4. The van der Waals surface area contributed by atoms with E-state index in [1.165, 1.54) is 16.0 Å². The quantitative estimate of drug-likeness (QED) is 0.860. The molecule has 2 heterocycles. The number of fused-ring (bicyclic) bond motifs is 1. The second-order valence-electron chi connectivity index (χ2n) is 6.05. The van der Waals surface area contributed by atoms with Crippen LogP contribution in [0.25, 0.3) is 0 Å². The molecule has 1 aliphatic heterocycles. The fraction of sp³-hybridized carbons (Fsp3) is 0.444. The van der Waals surface area contributed by atoms with Crippen molar-refractivity contribution in [1.29, 1.82) is 0 Å². The topological polar surface area (TPSA) is 35.5 Å². The van der Waals surface area contributed by atoms with E-state index < -0.39 is 0 Å². The van der Waals surface area contributed by atoms with Crippen LogP contribution in [-0.4, -0.2) is 35.7 Å². The van der Waals surface area contributed by atoms with E-state index in [1.54, 1.807) is 11.3 Å². The Hall–Kier alpha value is -1.20. The summed E-state index contributed by atoms with van der Waals surface area (Å²) in [5.41, 5.74) is 2.86. The van der Waals surface area contributed by atoms with Crippen LogP contribution >= 0.6 is 11.3 Å². The van der Waals surface area contributed by atoms with Crippen molar-refractivity contribution in [2.75, 3.05) is 19.6 Å². The van der Waals surface area contributed by atoms with Gasteiger partial charge in [0, 0.05) is 37.1 Å². The van der Waals surface area contributed by atoms with Gasteiger partial charge in [-0.25, -0.2) is 0 Å². The highest BCUT2D eigenvalue weighted by Crippen LogP contribution is 2.19. The number of benzene rings is 1. The number of thiophene rings is 1. The molecule has 0 spiro atoms. The molecule has 0 radical (unpaired) electrons. The molecule has 4 heteroatoms. The molecule has 22 heavy (non-hydrogen) atoms. The first kappa shape index (κ1) is 15.7. The van der Waals surface area contributed by atoms with Crippen LogP contribution in [-0.2, 0) is 13.0 Å². The monoisotopic (exact) mass is 316 g/mol. The Labute approximate surface area is 136 Å². The Morgan fingerprint density at radius 2 is 2.05 bits per heavy atom. The third kappa shape index (κ3) is 3.96. The SMILES string of the molecule is CC(NCC(O)CN1CCc2ccccc2C1)c1cccs1. The van der Waals surface area contributed by atoms with Gasteiger partial charge < -0.3 is 10.4 Å².